The number of aromatic amines is 1. The number of fused-ring (bicyclic) bond motifs is 1. The van der Waals surface area contributed by atoms with Crippen LogP contribution < -0.4 is 9.88 Å². The number of piperazine rings is 1. The topological polar surface area (TPSA) is 67.1 Å². The molecule has 1 atom stereocenters. The van der Waals surface area contributed by atoms with Gasteiger partial charge >= 0.3 is 5.82 Å². The predicted octanol–water partition coefficient (Wildman–Crippen LogP) is 1.10. The van der Waals surface area contributed by atoms with Gasteiger partial charge in [-0.2, -0.15) is 0 Å². The van der Waals surface area contributed by atoms with Crippen LogP contribution in [0.2, 0.25) is 0 Å². The van der Waals surface area contributed by atoms with Crippen LogP contribution in [0.25, 0.3) is 0 Å². The molecule has 1 aromatic heterocycles. The number of hydrogen-bond donors (Lipinski definition) is 0. The quantitative estimate of drug-likeness (QED) is 0.749. The van der Waals surface area contributed by atoms with Gasteiger partial charge in [-0.3, -0.25) is 9.69 Å². The molecule has 1 aromatic rings. The molecule has 19 heavy (non-hydrogen) atoms. The third-order valence-corrected chi connectivity index (χ3v) is 3.97. The largest absolute Gasteiger partial charge is 0.372 e. The summed E-state index contributed by atoms with van der Waals surface area (Å²) >= 11 is 0. The lowest BCUT2D eigenvalue weighted by Crippen LogP contribution is -2.58. The number of anilines is 1. The molecule has 1 N–H and O–H groups in total. The third kappa shape index (κ3) is 2.23. The van der Waals surface area contributed by atoms with Gasteiger partial charge in [-0.1, -0.05) is 6.42 Å². The summed E-state index contributed by atoms with van der Waals surface area (Å²) in [7, 11) is 0. The van der Waals surface area contributed by atoms with E-state index in [1.54, 1.807) is 23.2 Å². The van der Waals surface area contributed by atoms with Crippen molar-refractivity contribution in [2.75, 3.05) is 24.5 Å². The van der Waals surface area contributed by atoms with Crippen molar-refractivity contribution in [3.05, 3.63) is 23.2 Å². The summed E-state index contributed by atoms with van der Waals surface area (Å²) in [6.45, 7) is 2.66. The summed E-state index contributed by atoms with van der Waals surface area (Å²) in [6.07, 6.45) is 4.94. The number of H-pyrrole nitrogens is 1. The third-order valence-electron chi connectivity index (χ3n) is 3.97. The molecule has 1 unspecified atom stereocenters. The van der Waals surface area contributed by atoms with Gasteiger partial charge in [0.2, 0.25) is 11.1 Å². The Balaban J connectivity index is 1.80. The number of nitroso groups, excluding NO2 is 1. The molecule has 1 amide bonds. The number of carbonyl (C=O) groups is 1. The minimum atomic E-state index is 0.0337. The van der Waals surface area contributed by atoms with Crippen LogP contribution in [-0.2, 0) is 4.79 Å². The Labute approximate surface area is 111 Å². The molecule has 0 saturated carbocycles. The number of hydrogen-bond acceptors (Lipinski definition) is 4. The van der Waals surface area contributed by atoms with Crippen LogP contribution in [0, 0.1) is 4.91 Å². The summed E-state index contributed by atoms with van der Waals surface area (Å²) in [5.41, 5.74) is 0.808. The highest BCUT2D eigenvalue weighted by atomic mass is 16.3. The number of pyridine rings is 1. The van der Waals surface area contributed by atoms with E-state index >= 15 is 0 Å². The summed E-state index contributed by atoms with van der Waals surface area (Å²) in [5, 5.41) is 2.82. The summed E-state index contributed by atoms with van der Waals surface area (Å²) in [6, 6.07) is 3.40. The molecule has 0 bridgehead atoms. The van der Waals surface area contributed by atoms with Crippen LogP contribution in [0.3, 0.4) is 0 Å². The number of aromatic nitrogens is 1. The van der Waals surface area contributed by atoms with Gasteiger partial charge in [-0.15, -0.1) is 0 Å². The van der Waals surface area contributed by atoms with Crippen LogP contribution >= 0.6 is 0 Å². The Morgan fingerprint density at radius 1 is 1.21 bits per heavy atom. The van der Waals surface area contributed by atoms with Crippen LogP contribution in [0.4, 0.5) is 11.5 Å². The number of rotatable bonds is 2. The molecule has 6 heteroatoms. The first-order valence-corrected chi connectivity index (χ1v) is 6.70. The maximum Gasteiger partial charge on any atom is 0.372 e. The lowest BCUT2D eigenvalue weighted by molar-refractivity contribution is -0.362. The lowest BCUT2D eigenvalue weighted by Gasteiger charge is -2.42. The van der Waals surface area contributed by atoms with E-state index in [4.69, 9.17) is 0 Å². The first-order chi connectivity index (χ1) is 9.29. The molecule has 2 saturated heterocycles. The molecule has 2 fully saturated rings. The Hall–Kier alpha value is -1.82. The second-order valence-electron chi connectivity index (χ2n) is 5.06. The highest BCUT2D eigenvalue weighted by molar-refractivity contribution is 5.97. The van der Waals surface area contributed by atoms with E-state index in [0.29, 0.717) is 6.54 Å². The zero-order valence-corrected chi connectivity index (χ0v) is 10.7. The van der Waals surface area contributed by atoms with Crippen LogP contribution in [0.15, 0.2) is 23.5 Å². The summed E-state index contributed by atoms with van der Waals surface area (Å²) < 4.78 is 0. The molecule has 0 aromatic carbocycles. The lowest BCUT2D eigenvalue weighted by atomic mass is 9.98. The summed E-state index contributed by atoms with van der Waals surface area (Å²) in [4.78, 5) is 29.8. The molecule has 0 spiro atoms. The van der Waals surface area contributed by atoms with Crippen molar-refractivity contribution in [3.63, 3.8) is 0 Å². The molecular formula is C13H17N4O2+. The first kappa shape index (κ1) is 12.2. The van der Waals surface area contributed by atoms with E-state index in [1.807, 2.05) is 0 Å². The van der Waals surface area contributed by atoms with E-state index < -0.39 is 0 Å². The molecule has 3 rings (SSSR count). The maximum atomic E-state index is 12.5. The van der Waals surface area contributed by atoms with E-state index in [0.717, 1.165) is 31.6 Å². The van der Waals surface area contributed by atoms with Crippen LogP contribution in [0.1, 0.15) is 19.3 Å². The molecule has 2 aliphatic rings. The van der Waals surface area contributed by atoms with Gasteiger partial charge in [0.25, 0.3) is 0 Å². The number of amides is 1. The van der Waals surface area contributed by atoms with Crippen molar-refractivity contribution >= 4 is 17.4 Å². The zero-order chi connectivity index (χ0) is 13.2. The second-order valence-corrected chi connectivity index (χ2v) is 5.06. The first-order valence-electron chi connectivity index (χ1n) is 6.70. The van der Waals surface area contributed by atoms with Crippen molar-refractivity contribution in [1.29, 1.82) is 0 Å². The summed E-state index contributed by atoms with van der Waals surface area (Å²) in [5.74, 6) is 0.443. The average molecular weight is 261 g/mol. The Kier molecular flexibility index (Phi) is 3.25. The van der Waals surface area contributed by atoms with Crippen molar-refractivity contribution < 1.29 is 9.78 Å². The van der Waals surface area contributed by atoms with Crippen LogP contribution in [-0.4, -0.2) is 36.5 Å². The monoisotopic (exact) mass is 261 g/mol. The number of carbonyl (C=O) groups excluding carboxylic acids is 1. The number of nitrogens with one attached hydrogen (secondary N) is 1. The normalized spacial score (nSPS) is 24.1. The maximum absolute atomic E-state index is 12.5. The van der Waals surface area contributed by atoms with Crippen LogP contribution in [0.5, 0.6) is 0 Å². The van der Waals surface area contributed by atoms with Crippen molar-refractivity contribution in [2.45, 2.75) is 25.3 Å². The number of piperidine rings is 1. The van der Waals surface area contributed by atoms with Gasteiger partial charge in [0.15, 0.2) is 0 Å². The molecule has 6 nitrogen and oxygen atoms in total. The smallest absolute Gasteiger partial charge is 0.306 e. The Bertz CT molecular complexity index is 488. The molecule has 100 valence electrons. The molecule has 0 radical (unpaired) electrons. The molecular weight excluding hydrogens is 244 g/mol. The van der Waals surface area contributed by atoms with Crippen molar-refractivity contribution in [1.82, 2.24) is 4.90 Å². The van der Waals surface area contributed by atoms with Gasteiger partial charge in [0.05, 0.1) is 11.7 Å². The Morgan fingerprint density at radius 3 is 2.84 bits per heavy atom. The van der Waals surface area contributed by atoms with Gasteiger partial charge < -0.3 is 4.90 Å². The van der Waals surface area contributed by atoms with E-state index in [1.165, 1.54) is 6.42 Å². The fourth-order valence-electron chi connectivity index (χ4n) is 2.95. The van der Waals surface area contributed by atoms with Crippen molar-refractivity contribution in [2.24, 2.45) is 5.18 Å². The Morgan fingerprint density at radius 2 is 2.11 bits per heavy atom. The molecule has 3 heterocycles. The molecule has 0 aliphatic carbocycles. The van der Waals surface area contributed by atoms with E-state index in [-0.39, 0.29) is 17.8 Å². The zero-order valence-electron chi connectivity index (χ0n) is 10.7. The minimum Gasteiger partial charge on any atom is -0.306 e. The highest BCUT2D eigenvalue weighted by Crippen LogP contribution is 2.25. The van der Waals surface area contributed by atoms with Gasteiger partial charge in [-0.05, 0) is 30.4 Å². The fourth-order valence-corrected chi connectivity index (χ4v) is 2.95. The average Bonchev–Trinajstić information content (AvgIpc) is 2.48. The minimum absolute atomic E-state index is 0.0337. The predicted molar refractivity (Wildman–Crippen MR) is 70.0 cm³/mol. The van der Waals surface area contributed by atoms with E-state index in [9.17, 15) is 9.70 Å². The van der Waals surface area contributed by atoms with Crippen molar-refractivity contribution in [3.8, 4) is 0 Å². The SMILES string of the molecule is O=Nc1ccc(N2CCN3CCCCC3C2=O)c[nH+]1. The number of nitrogens with zero attached hydrogens (tertiary/aromatic N) is 3. The fraction of sp³-hybridized carbons (Fsp3) is 0.538. The van der Waals surface area contributed by atoms with E-state index in [2.05, 4.69) is 15.1 Å². The second kappa shape index (κ2) is 5.05. The van der Waals surface area contributed by atoms with Gasteiger partial charge in [-0.25, -0.2) is 4.98 Å². The van der Waals surface area contributed by atoms with Gasteiger partial charge in [0.1, 0.15) is 6.20 Å². The van der Waals surface area contributed by atoms with Gasteiger partial charge in [0, 0.05) is 19.2 Å². The highest BCUT2D eigenvalue weighted by Gasteiger charge is 2.36. The standard InChI is InChI=1S/C13H16N4O2/c18-13-11-3-1-2-6-16(11)7-8-17(13)10-4-5-12(15-19)14-9-10/h4-5,9,11H,1-3,6-8H2/p+1. The molecule has 2 aliphatic heterocycles.